The summed E-state index contributed by atoms with van der Waals surface area (Å²) >= 11 is 8.54. The smallest absolute Gasteiger partial charge is 0.234 e. The van der Waals surface area contributed by atoms with Gasteiger partial charge in [-0.3, -0.25) is 9.59 Å². The number of nitrogens with one attached hydrogen (secondary N) is 2. The fourth-order valence-electron chi connectivity index (χ4n) is 2.56. The predicted octanol–water partition coefficient (Wildman–Crippen LogP) is 4.73. The molecule has 0 fully saturated rings. The average Bonchev–Trinajstić information content (AvgIpc) is 3.21. The second-order valence-corrected chi connectivity index (χ2v) is 8.76. The lowest BCUT2D eigenvalue weighted by Gasteiger charge is -2.11. The molecule has 0 aliphatic carbocycles. The Morgan fingerprint density at radius 1 is 1.06 bits per heavy atom. The van der Waals surface area contributed by atoms with Crippen LogP contribution in [-0.2, 0) is 16.0 Å². The lowest BCUT2D eigenvalue weighted by atomic mass is 10.2. The van der Waals surface area contributed by atoms with Crippen molar-refractivity contribution < 1.29 is 19.1 Å². The Hall–Kier alpha value is -2.75. The number of halogens is 1. The summed E-state index contributed by atoms with van der Waals surface area (Å²) in [6.07, 6.45) is 0.106. The number of ether oxygens (including phenoxy) is 2. The van der Waals surface area contributed by atoms with Crippen LogP contribution in [0.15, 0.2) is 52.2 Å². The van der Waals surface area contributed by atoms with Crippen molar-refractivity contribution in [3.63, 3.8) is 0 Å². The van der Waals surface area contributed by atoms with E-state index in [1.54, 1.807) is 49.6 Å². The number of methoxy groups -OCH3 is 2. The summed E-state index contributed by atoms with van der Waals surface area (Å²) in [6.45, 7) is 0. The maximum atomic E-state index is 12.4. The molecule has 0 spiro atoms. The van der Waals surface area contributed by atoms with Gasteiger partial charge in [0.05, 0.1) is 37.8 Å². The van der Waals surface area contributed by atoms with Crippen molar-refractivity contribution in [3.8, 4) is 11.5 Å². The van der Waals surface area contributed by atoms with E-state index in [9.17, 15) is 9.59 Å². The summed E-state index contributed by atoms with van der Waals surface area (Å²) in [6, 6.07) is 12.1. The lowest BCUT2D eigenvalue weighted by Crippen LogP contribution is -2.15. The third-order valence-electron chi connectivity index (χ3n) is 4.01. The van der Waals surface area contributed by atoms with Crippen molar-refractivity contribution in [2.24, 2.45) is 0 Å². The van der Waals surface area contributed by atoms with Crippen LogP contribution in [0.25, 0.3) is 0 Å². The van der Waals surface area contributed by atoms with Gasteiger partial charge in [0.25, 0.3) is 0 Å². The van der Waals surface area contributed by atoms with Crippen molar-refractivity contribution in [3.05, 3.63) is 58.6 Å². The topological polar surface area (TPSA) is 89.5 Å². The van der Waals surface area contributed by atoms with Gasteiger partial charge in [0.2, 0.25) is 11.8 Å². The average molecular weight is 478 g/mol. The molecule has 0 atom stereocenters. The Bertz CT molecular complexity index is 1060. The largest absolute Gasteiger partial charge is 0.497 e. The van der Waals surface area contributed by atoms with Crippen LogP contribution in [0, 0.1) is 0 Å². The zero-order valence-corrected chi connectivity index (χ0v) is 19.2. The molecule has 3 aromatic rings. The van der Waals surface area contributed by atoms with E-state index < -0.39 is 0 Å². The molecule has 7 nitrogen and oxygen atoms in total. The Balaban J connectivity index is 1.51. The van der Waals surface area contributed by atoms with Crippen LogP contribution in [0.4, 0.5) is 11.4 Å². The zero-order valence-electron chi connectivity index (χ0n) is 16.8. The van der Waals surface area contributed by atoms with Crippen LogP contribution in [0.5, 0.6) is 11.5 Å². The maximum absolute atomic E-state index is 12.4. The third kappa shape index (κ3) is 6.88. The van der Waals surface area contributed by atoms with Gasteiger partial charge in [0, 0.05) is 22.2 Å². The number of hydrogen-bond donors (Lipinski definition) is 2. The van der Waals surface area contributed by atoms with Gasteiger partial charge in [0.15, 0.2) is 4.34 Å². The van der Waals surface area contributed by atoms with Gasteiger partial charge in [0.1, 0.15) is 11.5 Å². The molecule has 2 aromatic carbocycles. The molecule has 1 heterocycles. The number of hydrogen-bond acceptors (Lipinski definition) is 7. The monoisotopic (exact) mass is 477 g/mol. The van der Waals surface area contributed by atoms with Gasteiger partial charge in [-0.15, -0.1) is 11.3 Å². The van der Waals surface area contributed by atoms with E-state index in [0.29, 0.717) is 37.9 Å². The van der Waals surface area contributed by atoms with Gasteiger partial charge in [-0.1, -0.05) is 23.4 Å². The minimum atomic E-state index is -0.228. The highest BCUT2D eigenvalue weighted by molar-refractivity contribution is 8.01. The normalized spacial score (nSPS) is 10.4. The number of carbonyl (C=O) groups excluding carboxylic acids is 2. The predicted molar refractivity (Wildman–Crippen MR) is 125 cm³/mol. The number of rotatable bonds is 9. The van der Waals surface area contributed by atoms with Crippen molar-refractivity contribution in [1.29, 1.82) is 0 Å². The third-order valence-corrected chi connectivity index (χ3v) is 6.33. The summed E-state index contributed by atoms with van der Waals surface area (Å²) in [4.78, 5) is 29.0. The van der Waals surface area contributed by atoms with Gasteiger partial charge in [-0.2, -0.15) is 0 Å². The summed E-state index contributed by atoms with van der Waals surface area (Å²) in [7, 11) is 3.09. The first-order chi connectivity index (χ1) is 15.0. The molecular formula is C21H20ClN3O4S2. The van der Waals surface area contributed by atoms with E-state index in [1.807, 2.05) is 5.38 Å². The van der Waals surface area contributed by atoms with Crippen molar-refractivity contribution in [2.45, 2.75) is 10.8 Å². The van der Waals surface area contributed by atoms with E-state index in [0.717, 1.165) is 0 Å². The molecule has 0 bridgehead atoms. The second kappa shape index (κ2) is 11.0. The molecule has 0 aliphatic heterocycles. The highest BCUT2D eigenvalue weighted by atomic mass is 35.5. The van der Waals surface area contributed by atoms with Crippen LogP contribution in [0.2, 0.25) is 5.02 Å². The summed E-state index contributed by atoms with van der Waals surface area (Å²) in [5.74, 6) is 0.986. The number of thioether (sulfide) groups is 1. The number of carbonyl (C=O) groups is 2. The fourth-order valence-corrected chi connectivity index (χ4v) is 4.33. The number of nitrogens with zero attached hydrogens (tertiary/aromatic N) is 1. The van der Waals surface area contributed by atoms with Crippen molar-refractivity contribution in [2.75, 3.05) is 30.6 Å². The Labute approximate surface area is 193 Å². The van der Waals surface area contributed by atoms with Crippen LogP contribution >= 0.6 is 34.7 Å². The van der Waals surface area contributed by atoms with Crippen LogP contribution in [0.1, 0.15) is 5.69 Å². The minimum absolute atomic E-state index is 0.106. The van der Waals surface area contributed by atoms with Crippen LogP contribution in [-0.4, -0.2) is 36.8 Å². The summed E-state index contributed by atoms with van der Waals surface area (Å²) < 4.78 is 11.2. The quantitative estimate of drug-likeness (QED) is 0.433. The first kappa shape index (κ1) is 22.9. The highest BCUT2D eigenvalue weighted by Gasteiger charge is 2.13. The van der Waals surface area contributed by atoms with E-state index in [4.69, 9.17) is 21.1 Å². The first-order valence-electron chi connectivity index (χ1n) is 9.11. The second-order valence-electron chi connectivity index (χ2n) is 6.24. The van der Waals surface area contributed by atoms with Gasteiger partial charge >= 0.3 is 0 Å². The standard InChI is InChI=1S/C21H20ClN3O4S2/c1-28-16-7-8-18(29-2)17(10-16)25-19(26)9-15-11-30-21(24-15)31-12-20(27)23-14-5-3-13(22)4-6-14/h3-8,10-11H,9,12H2,1-2H3,(H,23,27)(H,25,26). The fraction of sp³-hybridized carbons (Fsp3) is 0.190. The Morgan fingerprint density at radius 3 is 2.55 bits per heavy atom. The Kier molecular flexibility index (Phi) is 8.16. The summed E-state index contributed by atoms with van der Waals surface area (Å²) in [5.41, 5.74) is 1.83. The molecule has 31 heavy (non-hydrogen) atoms. The van der Waals surface area contributed by atoms with Gasteiger partial charge < -0.3 is 20.1 Å². The lowest BCUT2D eigenvalue weighted by molar-refractivity contribution is -0.116. The number of aromatic nitrogens is 1. The van der Waals surface area contributed by atoms with E-state index in [1.165, 1.54) is 30.2 Å². The molecule has 0 saturated carbocycles. The van der Waals surface area contributed by atoms with E-state index in [2.05, 4.69) is 15.6 Å². The number of thiazole rings is 1. The molecule has 2 N–H and O–H groups in total. The van der Waals surface area contributed by atoms with E-state index >= 15 is 0 Å². The number of anilines is 2. The molecule has 1 aromatic heterocycles. The molecule has 0 unspecified atom stereocenters. The minimum Gasteiger partial charge on any atom is -0.497 e. The van der Waals surface area contributed by atoms with Crippen LogP contribution in [0.3, 0.4) is 0 Å². The molecule has 10 heteroatoms. The molecule has 2 amide bonds. The van der Waals surface area contributed by atoms with Crippen molar-refractivity contribution >= 4 is 57.9 Å². The SMILES string of the molecule is COc1ccc(OC)c(NC(=O)Cc2csc(SCC(=O)Nc3ccc(Cl)cc3)n2)c1. The van der Waals surface area contributed by atoms with E-state index in [-0.39, 0.29) is 24.0 Å². The molecule has 0 saturated heterocycles. The maximum Gasteiger partial charge on any atom is 0.234 e. The molecule has 3 rings (SSSR count). The van der Waals surface area contributed by atoms with Crippen molar-refractivity contribution in [1.82, 2.24) is 4.98 Å². The zero-order chi connectivity index (χ0) is 22.2. The molecule has 0 radical (unpaired) electrons. The number of amides is 2. The first-order valence-corrected chi connectivity index (χ1v) is 11.4. The van der Waals surface area contributed by atoms with Gasteiger partial charge in [-0.05, 0) is 36.4 Å². The van der Waals surface area contributed by atoms with Gasteiger partial charge in [-0.25, -0.2) is 4.98 Å². The highest BCUT2D eigenvalue weighted by Crippen LogP contribution is 2.29. The molecule has 162 valence electrons. The van der Waals surface area contributed by atoms with Crippen LogP contribution < -0.4 is 20.1 Å². The number of benzene rings is 2. The molecular weight excluding hydrogens is 458 g/mol. The molecule has 0 aliphatic rings. The Morgan fingerprint density at radius 2 is 1.84 bits per heavy atom. The summed E-state index contributed by atoms with van der Waals surface area (Å²) in [5, 5.41) is 8.03.